The van der Waals surface area contributed by atoms with Crippen molar-refractivity contribution in [1.82, 2.24) is 14.7 Å². The van der Waals surface area contributed by atoms with Gasteiger partial charge in [-0.25, -0.2) is 4.68 Å². The number of aromatic hydroxyl groups is 1. The number of amides is 1. The molecule has 0 aliphatic heterocycles. The van der Waals surface area contributed by atoms with Crippen molar-refractivity contribution < 1.29 is 9.90 Å². The van der Waals surface area contributed by atoms with E-state index in [0.717, 1.165) is 32.1 Å². The molecule has 0 unspecified atom stereocenters. The molecule has 30 heavy (non-hydrogen) atoms. The standard InChI is InChI=1S/C21H29N5O4/c1-4-22-16-17(21(30)26(24-19(16)28)13-9-6-5-7-10-13)23-15-12-8-11-14(18(15)27)20(29)25(2)3/h8,11-13,22-23,27H,4-7,9-10H2,1-3H3,(H,24,28). The van der Waals surface area contributed by atoms with Crippen molar-refractivity contribution in [3.05, 3.63) is 44.5 Å². The Balaban J connectivity index is 2.10. The Morgan fingerprint density at radius 1 is 1.20 bits per heavy atom. The normalized spacial score (nSPS) is 14.4. The molecule has 1 saturated carbocycles. The zero-order valence-corrected chi connectivity index (χ0v) is 17.6. The fourth-order valence-electron chi connectivity index (χ4n) is 3.81. The summed E-state index contributed by atoms with van der Waals surface area (Å²) in [6.07, 6.45) is 4.79. The second kappa shape index (κ2) is 9.06. The summed E-state index contributed by atoms with van der Waals surface area (Å²) in [6, 6.07) is 4.61. The van der Waals surface area contributed by atoms with Crippen LogP contribution in [-0.2, 0) is 0 Å². The number of anilines is 3. The molecule has 0 radical (unpaired) electrons. The predicted molar refractivity (Wildman–Crippen MR) is 117 cm³/mol. The van der Waals surface area contributed by atoms with Crippen LogP contribution in [0.25, 0.3) is 0 Å². The number of aromatic nitrogens is 2. The Morgan fingerprint density at radius 2 is 1.90 bits per heavy atom. The number of rotatable bonds is 6. The van der Waals surface area contributed by atoms with Crippen molar-refractivity contribution in [2.24, 2.45) is 0 Å². The zero-order chi connectivity index (χ0) is 21.8. The number of benzene rings is 1. The zero-order valence-electron chi connectivity index (χ0n) is 17.6. The maximum atomic E-state index is 13.3. The number of para-hydroxylation sites is 1. The predicted octanol–water partition coefficient (Wildman–Crippen LogP) is 2.62. The summed E-state index contributed by atoms with van der Waals surface area (Å²) in [6.45, 7) is 2.26. The van der Waals surface area contributed by atoms with Gasteiger partial charge in [-0.1, -0.05) is 25.3 Å². The third kappa shape index (κ3) is 4.19. The fraction of sp³-hybridized carbons (Fsp3) is 0.476. The quantitative estimate of drug-likeness (QED) is 0.539. The van der Waals surface area contributed by atoms with Gasteiger partial charge in [0.05, 0.1) is 17.3 Å². The molecule has 0 bridgehead atoms. The van der Waals surface area contributed by atoms with Crippen molar-refractivity contribution in [3.8, 4) is 5.75 Å². The smallest absolute Gasteiger partial charge is 0.291 e. The molecule has 2 aromatic rings. The van der Waals surface area contributed by atoms with Crippen LogP contribution in [0.3, 0.4) is 0 Å². The number of hydrogen-bond donors (Lipinski definition) is 4. The molecule has 4 N–H and O–H groups in total. The van der Waals surface area contributed by atoms with Crippen molar-refractivity contribution in [1.29, 1.82) is 0 Å². The Hall–Kier alpha value is -3.23. The lowest BCUT2D eigenvalue weighted by atomic mass is 9.95. The molecule has 1 aliphatic rings. The number of nitrogens with zero attached hydrogens (tertiary/aromatic N) is 2. The minimum atomic E-state index is -0.412. The minimum Gasteiger partial charge on any atom is -0.505 e. The van der Waals surface area contributed by atoms with Crippen LogP contribution in [0.5, 0.6) is 5.75 Å². The number of H-pyrrole nitrogens is 1. The molecule has 1 aromatic carbocycles. The summed E-state index contributed by atoms with van der Waals surface area (Å²) in [5, 5.41) is 19.2. The van der Waals surface area contributed by atoms with Gasteiger partial charge in [-0.15, -0.1) is 0 Å². The van der Waals surface area contributed by atoms with E-state index in [1.165, 1.54) is 15.6 Å². The first-order valence-electron chi connectivity index (χ1n) is 10.3. The third-order valence-electron chi connectivity index (χ3n) is 5.36. The van der Waals surface area contributed by atoms with Crippen molar-refractivity contribution in [3.63, 3.8) is 0 Å². The highest BCUT2D eigenvalue weighted by Gasteiger charge is 2.23. The average molecular weight is 415 g/mol. The molecule has 1 aromatic heterocycles. The molecule has 0 saturated heterocycles. The molecule has 0 atom stereocenters. The third-order valence-corrected chi connectivity index (χ3v) is 5.36. The fourth-order valence-corrected chi connectivity index (χ4v) is 3.81. The van der Waals surface area contributed by atoms with Gasteiger partial charge < -0.3 is 20.6 Å². The molecule has 9 heteroatoms. The highest BCUT2D eigenvalue weighted by molar-refractivity contribution is 5.98. The minimum absolute atomic E-state index is 0.0518. The molecular weight excluding hydrogens is 386 g/mol. The highest BCUT2D eigenvalue weighted by atomic mass is 16.3. The maximum absolute atomic E-state index is 13.3. The van der Waals surface area contributed by atoms with Crippen LogP contribution in [0.4, 0.5) is 17.1 Å². The van der Waals surface area contributed by atoms with E-state index < -0.39 is 5.56 Å². The monoisotopic (exact) mass is 415 g/mol. The van der Waals surface area contributed by atoms with E-state index in [9.17, 15) is 19.5 Å². The summed E-state index contributed by atoms with van der Waals surface area (Å²) in [4.78, 5) is 39.7. The molecule has 1 aliphatic carbocycles. The largest absolute Gasteiger partial charge is 0.505 e. The van der Waals surface area contributed by atoms with Crippen LogP contribution in [0.1, 0.15) is 55.4 Å². The van der Waals surface area contributed by atoms with Gasteiger partial charge in [0.2, 0.25) is 0 Å². The lowest BCUT2D eigenvalue weighted by Crippen LogP contribution is -2.36. The second-order valence-corrected chi connectivity index (χ2v) is 7.71. The first kappa shape index (κ1) is 21.5. The van der Waals surface area contributed by atoms with E-state index in [1.807, 2.05) is 6.92 Å². The molecular formula is C21H29N5O4. The van der Waals surface area contributed by atoms with Crippen LogP contribution < -0.4 is 21.8 Å². The number of aromatic amines is 1. The van der Waals surface area contributed by atoms with Gasteiger partial charge in [0, 0.05) is 20.6 Å². The van der Waals surface area contributed by atoms with Gasteiger partial charge in [0.15, 0.2) is 5.75 Å². The number of phenols is 1. The van der Waals surface area contributed by atoms with Crippen molar-refractivity contribution in [2.45, 2.75) is 45.1 Å². The Bertz CT molecular complexity index is 1030. The number of carbonyl (C=O) groups is 1. The molecule has 1 amide bonds. The van der Waals surface area contributed by atoms with E-state index >= 15 is 0 Å². The second-order valence-electron chi connectivity index (χ2n) is 7.71. The van der Waals surface area contributed by atoms with Crippen LogP contribution in [0.2, 0.25) is 0 Å². The first-order chi connectivity index (χ1) is 14.3. The maximum Gasteiger partial charge on any atom is 0.291 e. The Labute approximate surface area is 174 Å². The van der Waals surface area contributed by atoms with Crippen molar-refractivity contribution in [2.75, 3.05) is 31.3 Å². The van der Waals surface area contributed by atoms with E-state index in [2.05, 4.69) is 15.7 Å². The number of nitrogens with one attached hydrogen (secondary N) is 3. The summed E-state index contributed by atoms with van der Waals surface area (Å²) in [5.74, 6) is -0.642. The Morgan fingerprint density at radius 3 is 2.53 bits per heavy atom. The number of hydrogen-bond acceptors (Lipinski definition) is 6. The van der Waals surface area contributed by atoms with E-state index in [4.69, 9.17) is 0 Å². The van der Waals surface area contributed by atoms with Gasteiger partial charge >= 0.3 is 0 Å². The molecule has 1 heterocycles. The topological polar surface area (TPSA) is 119 Å². The van der Waals surface area contributed by atoms with E-state index in [0.29, 0.717) is 6.54 Å². The van der Waals surface area contributed by atoms with Gasteiger partial charge in [-0.2, -0.15) is 0 Å². The molecule has 3 rings (SSSR count). The molecule has 162 valence electrons. The van der Waals surface area contributed by atoms with Crippen LogP contribution >= 0.6 is 0 Å². The van der Waals surface area contributed by atoms with E-state index in [1.54, 1.807) is 26.2 Å². The number of phenolic OH excluding ortho intramolecular Hbond substituents is 1. The lowest BCUT2D eigenvalue weighted by Gasteiger charge is -2.25. The number of carbonyl (C=O) groups excluding carboxylic acids is 1. The van der Waals surface area contributed by atoms with Gasteiger partial charge in [0.1, 0.15) is 11.4 Å². The average Bonchev–Trinajstić information content (AvgIpc) is 2.74. The molecule has 9 nitrogen and oxygen atoms in total. The summed E-state index contributed by atoms with van der Waals surface area (Å²) >= 11 is 0. The molecule has 0 spiro atoms. The summed E-state index contributed by atoms with van der Waals surface area (Å²) < 4.78 is 1.40. The molecule has 1 fully saturated rings. The van der Waals surface area contributed by atoms with Crippen LogP contribution in [0, 0.1) is 0 Å². The summed E-state index contributed by atoms with van der Waals surface area (Å²) in [5.41, 5.74) is -0.341. The van der Waals surface area contributed by atoms with Gasteiger partial charge in [-0.05, 0) is 31.9 Å². The lowest BCUT2D eigenvalue weighted by molar-refractivity contribution is 0.0824. The first-order valence-corrected chi connectivity index (χ1v) is 10.3. The van der Waals surface area contributed by atoms with Crippen LogP contribution in [-0.4, -0.2) is 46.3 Å². The van der Waals surface area contributed by atoms with Gasteiger partial charge in [0.25, 0.3) is 17.0 Å². The Kier molecular flexibility index (Phi) is 6.49. The SMILES string of the molecule is CCNc1c(Nc2cccc(C(=O)N(C)C)c2O)c(=O)n(C2CCCCC2)[nH]c1=O. The van der Waals surface area contributed by atoms with E-state index in [-0.39, 0.29) is 45.9 Å². The van der Waals surface area contributed by atoms with Crippen molar-refractivity contribution >= 4 is 23.0 Å². The van der Waals surface area contributed by atoms with Gasteiger partial charge in [-0.3, -0.25) is 19.5 Å². The summed E-state index contributed by atoms with van der Waals surface area (Å²) in [7, 11) is 3.18. The van der Waals surface area contributed by atoms with Crippen LogP contribution in [0.15, 0.2) is 27.8 Å². The highest BCUT2D eigenvalue weighted by Crippen LogP contribution is 2.32.